The fraction of sp³-hybridized carbons (Fsp3) is 0.200. The Kier molecular flexibility index (Phi) is 4.91. The second-order valence-corrected chi connectivity index (χ2v) is 8.82. The number of rotatable bonds is 3. The molecule has 0 saturated carbocycles. The van der Waals surface area contributed by atoms with Gasteiger partial charge in [-0.05, 0) is 34.9 Å². The number of anilines is 1. The number of para-hydroxylation sites is 1. The number of hydrogen-bond donors (Lipinski definition) is 2. The third-order valence-corrected chi connectivity index (χ3v) is 6.97. The number of hydrogen-bond acceptors (Lipinski definition) is 4. The Morgan fingerprint density at radius 3 is 2.32 bits per heavy atom. The lowest BCUT2D eigenvalue weighted by Gasteiger charge is -2.35. The summed E-state index contributed by atoms with van der Waals surface area (Å²) in [5.41, 5.74) is 2.51. The molecule has 2 aliphatic heterocycles. The molecular weight excluding hydrogens is 456 g/mol. The molecule has 1 fully saturated rings. The summed E-state index contributed by atoms with van der Waals surface area (Å²) in [6, 6.07) is 24.3. The van der Waals surface area contributed by atoms with Crippen LogP contribution in [-0.2, 0) is 19.7 Å². The molecule has 3 aromatic rings. The average molecular weight is 477 g/mol. The van der Waals surface area contributed by atoms with E-state index < -0.39 is 23.4 Å². The van der Waals surface area contributed by atoms with E-state index in [9.17, 15) is 9.59 Å². The number of carbonyl (C=O) groups excluding carboxylic acids is 2. The summed E-state index contributed by atoms with van der Waals surface area (Å²) in [7, 11) is 1.38. The van der Waals surface area contributed by atoms with E-state index in [1.54, 1.807) is 0 Å². The number of amides is 1. The van der Waals surface area contributed by atoms with E-state index >= 15 is 0 Å². The SMILES string of the molecule is COC(=O)[C@@H]1N[C@H](c2ccc(Br)cc2)[C@@]2(C(=O)Nc3ccccc32)[C@@H]1c1ccccc1. The molecule has 1 amide bonds. The molecule has 0 bridgehead atoms. The highest BCUT2D eigenvalue weighted by Gasteiger charge is 2.66. The van der Waals surface area contributed by atoms with Crippen LogP contribution in [0.4, 0.5) is 5.69 Å². The molecule has 3 aromatic carbocycles. The first-order valence-corrected chi connectivity index (χ1v) is 10.9. The van der Waals surface area contributed by atoms with E-state index in [4.69, 9.17) is 4.74 Å². The van der Waals surface area contributed by atoms with Crippen molar-refractivity contribution in [1.82, 2.24) is 5.32 Å². The Hall–Kier alpha value is -2.96. The largest absolute Gasteiger partial charge is 0.468 e. The van der Waals surface area contributed by atoms with E-state index in [2.05, 4.69) is 26.6 Å². The standard InChI is InChI=1S/C25H21BrN2O3/c1-31-23(29)21-20(15-7-3-2-4-8-15)25(18-9-5-6-10-19(18)27-24(25)30)22(28-21)16-11-13-17(26)14-12-16/h2-14,20-22,28H,1H3,(H,27,30)/t20-,21-,22-,25+/m1/s1. The minimum absolute atomic E-state index is 0.116. The van der Waals surface area contributed by atoms with E-state index in [1.165, 1.54) is 7.11 Å². The van der Waals surface area contributed by atoms with E-state index in [1.807, 2.05) is 78.9 Å². The summed E-state index contributed by atoms with van der Waals surface area (Å²) in [5.74, 6) is -0.946. The van der Waals surface area contributed by atoms with Crippen molar-refractivity contribution in [2.45, 2.75) is 23.4 Å². The van der Waals surface area contributed by atoms with Crippen LogP contribution >= 0.6 is 15.9 Å². The predicted molar refractivity (Wildman–Crippen MR) is 122 cm³/mol. The Morgan fingerprint density at radius 1 is 0.935 bits per heavy atom. The number of benzene rings is 3. The van der Waals surface area contributed by atoms with Crippen molar-refractivity contribution in [3.63, 3.8) is 0 Å². The molecule has 2 N–H and O–H groups in total. The van der Waals surface area contributed by atoms with E-state index in [0.29, 0.717) is 0 Å². The van der Waals surface area contributed by atoms with Crippen molar-refractivity contribution in [3.05, 3.63) is 100 Å². The van der Waals surface area contributed by atoms with Crippen molar-refractivity contribution < 1.29 is 14.3 Å². The maximum absolute atomic E-state index is 13.8. The normalized spacial score (nSPS) is 26.5. The molecule has 0 aromatic heterocycles. The van der Waals surface area contributed by atoms with Crippen LogP contribution in [0.5, 0.6) is 0 Å². The van der Waals surface area contributed by atoms with Crippen molar-refractivity contribution in [2.24, 2.45) is 0 Å². The van der Waals surface area contributed by atoms with Crippen LogP contribution < -0.4 is 10.6 Å². The molecule has 6 heteroatoms. The van der Waals surface area contributed by atoms with Crippen LogP contribution in [0.1, 0.15) is 28.7 Å². The lowest BCUT2D eigenvalue weighted by Crippen LogP contribution is -2.44. The van der Waals surface area contributed by atoms with Crippen LogP contribution in [0.3, 0.4) is 0 Å². The second kappa shape index (κ2) is 7.62. The minimum atomic E-state index is -1.01. The summed E-state index contributed by atoms with van der Waals surface area (Å²) in [5, 5.41) is 6.56. The van der Waals surface area contributed by atoms with Gasteiger partial charge < -0.3 is 10.1 Å². The number of fused-ring (bicyclic) bond motifs is 2. The van der Waals surface area contributed by atoms with Gasteiger partial charge in [-0.25, -0.2) is 0 Å². The van der Waals surface area contributed by atoms with Crippen LogP contribution in [0.15, 0.2) is 83.3 Å². The highest BCUT2D eigenvalue weighted by molar-refractivity contribution is 9.10. The number of carbonyl (C=O) groups is 2. The van der Waals surface area contributed by atoms with Gasteiger partial charge in [0, 0.05) is 16.1 Å². The van der Waals surface area contributed by atoms with Crippen LogP contribution in [0, 0.1) is 0 Å². The molecule has 0 aliphatic carbocycles. The number of halogens is 1. The Labute approximate surface area is 188 Å². The van der Waals surface area contributed by atoms with Crippen molar-refractivity contribution in [3.8, 4) is 0 Å². The molecule has 31 heavy (non-hydrogen) atoms. The number of ether oxygens (including phenoxy) is 1. The van der Waals surface area contributed by atoms with Gasteiger partial charge in [0.15, 0.2) is 0 Å². The molecule has 1 spiro atoms. The molecule has 1 saturated heterocycles. The number of esters is 1. The molecular formula is C25H21BrN2O3. The summed E-state index contributed by atoms with van der Waals surface area (Å²) in [4.78, 5) is 26.8. The molecule has 5 rings (SSSR count). The first-order chi connectivity index (χ1) is 15.1. The summed E-state index contributed by atoms with van der Waals surface area (Å²) in [6.45, 7) is 0. The smallest absolute Gasteiger partial charge is 0.323 e. The summed E-state index contributed by atoms with van der Waals surface area (Å²) >= 11 is 3.49. The highest BCUT2D eigenvalue weighted by Crippen LogP contribution is 2.59. The van der Waals surface area contributed by atoms with Gasteiger partial charge in [0.05, 0.1) is 13.2 Å². The monoisotopic (exact) mass is 476 g/mol. The van der Waals surface area contributed by atoms with Gasteiger partial charge >= 0.3 is 5.97 Å². The number of nitrogens with one attached hydrogen (secondary N) is 2. The fourth-order valence-corrected chi connectivity index (χ4v) is 5.47. The fourth-order valence-electron chi connectivity index (χ4n) is 5.21. The zero-order chi connectivity index (χ0) is 21.6. The first-order valence-electron chi connectivity index (χ1n) is 10.1. The summed E-state index contributed by atoms with van der Waals surface area (Å²) < 4.78 is 6.12. The third kappa shape index (κ3) is 2.93. The van der Waals surface area contributed by atoms with Crippen LogP contribution in [-0.4, -0.2) is 25.0 Å². The molecule has 5 nitrogen and oxygen atoms in total. The predicted octanol–water partition coefficient (Wildman–Crippen LogP) is 4.31. The third-order valence-electron chi connectivity index (χ3n) is 6.44. The Morgan fingerprint density at radius 2 is 1.61 bits per heavy atom. The van der Waals surface area contributed by atoms with E-state index in [-0.39, 0.29) is 11.9 Å². The van der Waals surface area contributed by atoms with Crippen LogP contribution in [0.2, 0.25) is 0 Å². The van der Waals surface area contributed by atoms with Crippen molar-refractivity contribution in [1.29, 1.82) is 0 Å². The lowest BCUT2D eigenvalue weighted by molar-refractivity contribution is -0.143. The van der Waals surface area contributed by atoms with Gasteiger partial charge in [0.25, 0.3) is 0 Å². The maximum atomic E-state index is 13.8. The van der Waals surface area contributed by atoms with Gasteiger partial charge in [0.1, 0.15) is 11.5 Å². The number of methoxy groups -OCH3 is 1. The van der Waals surface area contributed by atoms with Gasteiger partial charge in [-0.2, -0.15) is 0 Å². The van der Waals surface area contributed by atoms with Crippen molar-refractivity contribution >= 4 is 33.5 Å². The lowest BCUT2D eigenvalue weighted by atomic mass is 9.63. The molecule has 2 heterocycles. The van der Waals surface area contributed by atoms with Crippen LogP contribution in [0.25, 0.3) is 0 Å². The van der Waals surface area contributed by atoms with Crippen molar-refractivity contribution in [2.75, 3.05) is 12.4 Å². The first kappa shape index (κ1) is 20.0. The minimum Gasteiger partial charge on any atom is -0.468 e. The quantitative estimate of drug-likeness (QED) is 0.552. The Balaban J connectivity index is 1.81. The average Bonchev–Trinajstić information content (AvgIpc) is 3.31. The molecule has 4 atom stereocenters. The van der Waals surface area contributed by atoms with Gasteiger partial charge in [0.2, 0.25) is 5.91 Å². The molecule has 0 unspecified atom stereocenters. The summed E-state index contributed by atoms with van der Waals surface area (Å²) in [6.07, 6.45) is 0. The molecule has 2 aliphatic rings. The second-order valence-electron chi connectivity index (χ2n) is 7.91. The van der Waals surface area contributed by atoms with Gasteiger partial charge in [-0.3, -0.25) is 14.9 Å². The topological polar surface area (TPSA) is 67.4 Å². The highest BCUT2D eigenvalue weighted by atomic mass is 79.9. The van der Waals surface area contributed by atoms with Gasteiger partial charge in [-0.1, -0.05) is 76.6 Å². The van der Waals surface area contributed by atoms with E-state index in [0.717, 1.165) is 26.9 Å². The Bertz CT molecular complexity index is 1150. The van der Waals surface area contributed by atoms with Gasteiger partial charge in [-0.15, -0.1) is 0 Å². The zero-order valence-corrected chi connectivity index (χ0v) is 18.4. The zero-order valence-electron chi connectivity index (χ0n) is 16.8. The maximum Gasteiger partial charge on any atom is 0.323 e. The molecule has 156 valence electrons. The molecule has 0 radical (unpaired) electrons.